The number of amides is 3. The van der Waals surface area contributed by atoms with E-state index in [0.29, 0.717) is 11.4 Å². The highest BCUT2D eigenvalue weighted by molar-refractivity contribution is 6.05. The number of hydrogen-bond acceptors (Lipinski definition) is 4. The van der Waals surface area contributed by atoms with Crippen molar-refractivity contribution in [3.63, 3.8) is 0 Å². The maximum Gasteiger partial charge on any atom is 0.276 e. The van der Waals surface area contributed by atoms with Crippen molar-refractivity contribution in [3.8, 4) is 0 Å². The molecule has 2 aliphatic rings. The Balaban J connectivity index is 1.53. The highest BCUT2D eigenvalue weighted by Gasteiger charge is 2.46. The molecule has 1 aromatic carbocycles. The number of carbonyl (C=O) groups is 3. The summed E-state index contributed by atoms with van der Waals surface area (Å²) in [6.45, 7) is 5.93. The zero-order chi connectivity index (χ0) is 23.0. The van der Waals surface area contributed by atoms with Gasteiger partial charge in [0.2, 0.25) is 5.91 Å². The number of anilines is 1. The molecule has 32 heavy (non-hydrogen) atoms. The molecule has 0 unspecified atom stereocenters. The lowest BCUT2D eigenvalue weighted by Gasteiger charge is -2.41. The number of aryl methyl sites for hydroxylation is 2. The predicted molar refractivity (Wildman–Crippen MR) is 122 cm³/mol. The molecule has 1 saturated carbocycles. The van der Waals surface area contributed by atoms with Crippen molar-refractivity contribution >= 4 is 23.4 Å². The fraction of sp³-hybridized carbons (Fsp3) is 0.500. The van der Waals surface area contributed by atoms with E-state index in [4.69, 9.17) is 0 Å². The summed E-state index contributed by atoms with van der Waals surface area (Å²) in [6, 6.07) is 7.32. The lowest BCUT2D eigenvalue weighted by Crippen LogP contribution is -2.63. The number of nitrogens with one attached hydrogen (secondary N) is 2. The number of likely N-dealkylation sites (N-methyl/N-ethyl adjacent to an activating group) is 1. The average molecular weight is 438 g/mol. The molecule has 2 aromatic rings. The van der Waals surface area contributed by atoms with Crippen LogP contribution in [0.2, 0.25) is 0 Å². The number of carbonyl (C=O) groups excluding carboxylic acids is 3. The molecule has 170 valence electrons. The molecule has 0 spiro atoms. The molecular formula is C24H31N5O3. The van der Waals surface area contributed by atoms with Gasteiger partial charge in [-0.15, -0.1) is 0 Å². The third-order valence-corrected chi connectivity index (χ3v) is 6.93. The number of fused-ring (bicyclic) bond motifs is 1. The third kappa shape index (κ3) is 4.01. The fourth-order valence-corrected chi connectivity index (χ4v) is 4.44. The quantitative estimate of drug-likeness (QED) is 0.768. The van der Waals surface area contributed by atoms with Gasteiger partial charge in [0.05, 0.1) is 6.54 Å². The summed E-state index contributed by atoms with van der Waals surface area (Å²) < 4.78 is 1.48. The molecule has 8 nitrogen and oxygen atoms in total. The summed E-state index contributed by atoms with van der Waals surface area (Å²) in [5.74, 6) is -0.892. The van der Waals surface area contributed by atoms with Crippen LogP contribution in [0.25, 0.3) is 0 Å². The van der Waals surface area contributed by atoms with Crippen LogP contribution >= 0.6 is 0 Å². The fourth-order valence-electron chi connectivity index (χ4n) is 4.44. The van der Waals surface area contributed by atoms with E-state index in [-0.39, 0.29) is 36.0 Å². The lowest BCUT2D eigenvalue weighted by atomic mass is 9.92. The summed E-state index contributed by atoms with van der Waals surface area (Å²) in [5, 5.41) is 10.3. The first-order valence-electron chi connectivity index (χ1n) is 11.2. The Morgan fingerprint density at radius 2 is 1.81 bits per heavy atom. The molecule has 3 amide bonds. The SMILES string of the molecule is Cc1ccc(NC(=O)c2cc3n(n2)C[C@@](C)(C(=O)NC2CCCCC2)N(C)C3=O)cc1C. The summed E-state index contributed by atoms with van der Waals surface area (Å²) in [4.78, 5) is 40.5. The smallest absolute Gasteiger partial charge is 0.276 e. The number of hydrogen-bond donors (Lipinski definition) is 2. The normalized spacial score (nSPS) is 21.2. The van der Waals surface area contributed by atoms with Gasteiger partial charge in [0.1, 0.15) is 11.2 Å². The van der Waals surface area contributed by atoms with E-state index in [1.807, 2.05) is 32.0 Å². The first kappa shape index (κ1) is 22.0. The van der Waals surface area contributed by atoms with Crippen molar-refractivity contribution in [1.29, 1.82) is 0 Å². The van der Waals surface area contributed by atoms with Crippen molar-refractivity contribution in [2.45, 2.75) is 71.0 Å². The van der Waals surface area contributed by atoms with Gasteiger partial charge in [-0.2, -0.15) is 5.10 Å². The van der Waals surface area contributed by atoms with Crippen LogP contribution < -0.4 is 10.6 Å². The monoisotopic (exact) mass is 437 g/mol. The van der Waals surface area contributed by atoms with Gasteiger partial charge in [-0.1, -0.05) is 25.3 Å². The van der Waals surface area contributed by atoms with Crippen molar-refractivity contribution in [3.05, 3.63) is 46.8 Å². The summed E-state index contributed by atoms with van der Waals surface area (Å²) in [7, 11) is 1.63. The Labute approximate surface area is 188 Å². The second kappa shape index (κ2) is 8.41. The topological polar surface area (TPSA) is 96.3 Å². The maximum absolute atomic E-state index is 13.2. The zero-order valence-corrected chi connectivity index (χ0v) is 19.2. The van der Waals surface area contributed by atoms with E-state index in [1.165, 1.54) is 22.1 Å². The Kier molecular flexibility index (Phi) is 5.79. The van der Waals surface area contributed by atoms with Crippen LogP contribution in [0.5, 0.6) is 0 Å². The highest BCUT2D eigenvalue weighted by atomic mass is 16.2. The summed E-state index contributed by atoms with van der Waals surface area (Å²) in [6.07, 6.45) is 5.35. The molecule has 4 rings (SSSR count). The van der Waals surface area contributed by atoms with Crippen molar-refractivity contribution in [1.82, 2.24) is 20.0 Å². The van der Waals surface area contributed by atoms with Gasteiger partial charge in [-0.3, -0.25) is 19.1 Å². The molecule has 1 aliphatic heterocycles. The van der Waals surface area contributed by atoms with Gasteiger partial charge < -0.3 is 15.5 Å². The van der Waals surface area contributed by atoms with Crippen LogP contribution in [0.4, 0.5) is 5.69 Å². The number of aromatic nitrogens is 2. The molecule has 0 saturated heterocycles. The second-order valence-corrected chi connectivity index (χ2v) is 9.27. The van der Waals surface area contributed by atoms with Crippen LogP contribution in [0.3, 0.4) is 0 Å². The van der Waals surface area contributed by atoms with E-state index >= 15 is 0 Å². The number of nitrogens with zero attached hydrogens (tertiary/aromatic N) is 3. The first-order valence-corrected chi connectivity index (χ1v) is 11.2. The standard InChI is InChI=1S/C24H31N5O3/c1-15-10-11-18(12-16(15)2)25-21(30)19-13-20-22(31)28(4)24(3,14-29(20)27-19)23(32)26-17-8-6-5-7-9-17/h10-13,17H,5-9,14H2,1-4H3,(H,25,30)(H,26,32)/t24-/m0/s1. The minimum Gasteiger partial charge on any atom is -0.351 e. The minimum absolute atomic E-state index is 0.148. The Bertz CT molecular complexity index is 1070. The Morgan fingerprint density at radius 3 is 2.50 bits per heavy atom. The molecular weight excluding hydrogens is 406 g/mol. The van der Waals surface area contributed by atoms with Gasteiger partial charge in [0, 0.05) is 24.8 Å². The molecule has 1 aromatic heterocycles. The third-order valence-electron chi connectivity index (χ3n) is 6.93. The zero-order valence-electron chi connectivity index (χ0n) is 19.2. The average Bonchev–Trinajstić information content (AvgIpc) is 3.19. The number of benzene rings is 1. The molecule has 1 aliphatic carbocycles. The van der Waals surface area contributed by atoms with Crippen LogP contribution in [0, 0.1) is 13.8 Å². The largest absolute Gasteiger partial charge is 0.351 e. The van der Waals surface area contributed by atoms with Crippen molar-refractivity contribution in [2.24, 2.45) is 0 Å². The van der Waals surface area contributed by atoms with Crippen LogP contribution in [0.1, 0.15) is 71.1 Å². The van der Waals surface area contributed by atoms with Crippen molar-refractivity contribution < 1.29 is 14.4 Å². The van der Waals surface area contributed by atoms with E-state index in [0.717, 1.165) is 36.8 Å². The van der Waals surface area contributed by atoms with Gasteiger partial charge in [-0.05, 0) is 56.9 Å². The van der Waals surface area contributed by atoms with Gasteiger partial charge in [0.25, 0.3) is 11.8 Å². The minimum atomic E-state index is -1.07. The van der Waals surface area contributed by atoms with E-state index < -0.39 is 5.54 Å². The van der Waals surface area contributed by atoms with Crippen molar-refractivity contribution in [2.75, 3.05) is 12.4 Å². The molecule has 2 heterocycles. The van der Waals surface area contributed by atoms with Crippen LogP contribution in [0.15, 0.2) is 24.3 Å². The van der Waals surface area contributed by atoms with Crippen LogP contribution in [-0.4, -0.2) is 51.0 Å². The highest BCUT2D eigenvalue weighted by Crippen LogP contribution is 2.27. The first-order chi connectivity index (χ1) is 15.2. The molecule has 0 bridgehead atoms. The van der Waals surface area contributed by atoms with Crippen LogP contribution in [-0.2, 0) is 11.3 Å². The summed E-state index contributed by atoms with van der Waals surface area (Å²) in [5.41, 5.74) is 2.26. The Hall–Kier alpha value is -3.16. The molecule has 2 N–H and O–H groups in total. The molecule has 1 atom stereocenters. The van der Waals surface area contributed by atoms with Gasteiger partial charge in [0.15, 0.2) is 5.69 Å². The Morgan fingerprint density at radius 1 is 1.09 bits per heavy atom. The molecule has 1 fully saturated rings. The molecule has 8 heteroatoms. The molecule has 0 radical (unpaired) electrons. The maximum atomic E-state index is 13.2. The van der Waals surface area contributed by atoms with Gasteiger partial charge >= 0.3 is 0 Å². The lowest BCUT2D eigenvalue weighted by molar-refractivity contribution is -0.133. The van der Waals surface area contributed by atoms with E-state index in [1.54, 1.807) is 14.0 Å². The second-order valence-electron chi connectivity index (χ2n) is 9.27. The van der Waals surface area contributed by atoms with Gasteiger partial charge in [-0.25, -0.2) is 0 Å². The number of rotatable bonds is 4. The van der Waals surface area contributed by atoms with E-state index in [9.17, 15) is 14.4 Å². The van der Waals surface area contributed by atoms with E-state index in [2.05, 4.69) is 15.7 Å². The summed E-state index contributed by atoms with van der Waals surface area (Å²) >= 11 is 0. The predicted octanol–water partition coefficient (Wildman–Crippen LogP) is 3.05.